The van der Waals surface area contributed by atoms with E-state index < -0.39 is 0 Å². The molecule has 2 nitrogen and oxygen atoms in total. The standard InChI is InChI=1S/C16H28N2S/c1-16(2,3)12-17-15-8-14(9-18(4)10-15)7-13-5-6-19-11-13/h5-6,11,14-15,17H,7-10,12H2,1-4H3. The molecule has 2 heterocycles. The molecule has 0 aliphatic carbocycles. The predicted octanol–water partition coefficient (Wildman–Crippen LogP) is 3.25. The molecule has 19 heavy (non-hydrogen) atoms. The van der Waals surface area contributed by atoms with E-state index in [1.165, 1.54) is 31.5 Å². The fourth-order valence-corrected chi connectivity index (χ4v) is 3.61. The molecule has 1 N–H and O–H groups in total. The molecular weight excluding hydrogens is 252 g/mol. The van der Waals surface area contributed by atoms with Gasteiger partial charge in [-0.25, -0.2) is 0 Å². The molecule has 0 aromatic carbocycles. The summed E-state index contributed by atoms with van der Waals surface area (Å²) in [5.74, 6) is 0.797. The number of likely N-dealkylation sites (N-methyl/N-ethyl adjacent to an activating group) is 1. The average molecular weight is 280 g/mol. The van der Waals surface area contributed by atoms with Gasteiger partial charge in [-0.1, -0.05) is 20.8 Å². The Morgan fingerprint density at radius 3 is 2.79 bits per heavy atom. The molecule has 0 radical (unpaired) electrons. The molecule has 1 aliphatic rings. The minimum absolute atomic E-state index is 0.374. The fraction of sp³-hybridized carbons (Fsp3) is 0.750. The molecule has 3 heteroatoms. The van der Waals surface area contributed by atoms with E-state index in [0.29, 0.717) is 11.5 Å². The average Bonchev–Trinajstić information content (AvgIpc) is 2.77. The maximum atomic E-state index is 3.76. The first kappa shape index (κ1) is 15.0. The zero-order valence-electron chi connectivity index (χ0n) is 12.8. The lowest BCUT2D eigenvalue weighted by Crippen LogP contribution is -2.49. The third kappa shape index (κ3) is 5.25. The lowest BCUT2D eigenvalue weighted by atomic mass is 9.88. The van der Waals surface area contributed by atoms with Crippen molar-refractivity contribution in [3.8, 4) is 0 Å². The number of thiophene rings is 1. The van der Waals surface area contributed by atoms with Gasteiger partial charge in [-0.05, 0) is 53.6 Å². The number of rotatable bonds is 4. The molecule has 1 aromatic heterocycles. The van der Waals surface area contributed by atoms with Crippen LogP contribution in [0.15, 0.2) is 16.8 Å². The second-order valence-electron chi connectivity index (χ2n) is 7.30. The Hall–Kier alpha value is -0.380. The van der Waals surface area contributed by atoms with E-state index in [4.69, 9.17) is 0 Å². The lowest BCUT2D eigenvalue weighted by molar-refractivity contribution is 0.161. The molecule has 0 bridgehead atoms. The van der Waals surface area contributed by atoms with Crippen LogP contribution in [0.1, 0.15) is 32.8 Å². The summed E-state index contributed by atoms with van der Waals surface area (Å²) in [7, 11) is 2.26. The van der Waals surface area contributed by atoms with Crippen LogP contribution in [0.25, 0.3) is 0 Å². The van der Waals surface area contributed by atoms with Crippen molar-refractivity contribution in [2.24, 2.45) is 11.3 Å². The lowest BCUT2D eigenvalue weighted by Gasteiger charge is -2.37. The molecule has 1 fully saturated rings. The van der Waals surface area contributed by atoms with E-state index in [-0.39, 0.29) is 0 Å². The van der Waals surface area contributed by atoms with Crippen molar-refractivity contribution in [3.05, 3.63) is 22.4 Å². The van der Waals surface area contributed by atoms with Gasteiger partial charge in [0.2, 0.25) is 0 Å². The van der Waals surface area contributed by atoms with Crippen molar-refractivity contribution in [2.75, 3.05) is 26.7 Å². The minimum Gasteiger partial charge on any atom is -0.312 e. The Labute approximate surface area is 122 Å². The smallest absolute Gasteiger partial charge is 0.0198 e. The Bertz CT molecular complexity index is 367. The summed E-state index contributed by atoms with van der Waals surface area (Å²) in [6.07, 6.45) is 2.55. The largest absolute Gasteiger partial charge is 0.312 e. The van der Waals surface area contributed by atoms with Crippen LogP contribution < -0.4 is 5.32 Å². The van der Waals surface area contributed by atoms with Crippen LogP contribution in [0.5, 0.6) is 0 Å². The molecule has 1 aromatic rings. The van der Waals surface area contributed by atoms with Gasteiger partial charge in [-0.3, -0.25) is 0 Å². The van der Waals surface area contributed by atoms with E-state index in [9.17, 15) is 0 Å². The van der Waals surface area contributed by atoms with Gasteiger partial charge in [-0.2, -0.15) is 11.3 Å². The summed E-state index contributed by atoms with van der Waals surface area (Å²) >= 11 is 1.81. The van der Waals surface area contributed by atoms with Crippen molar-refractivity contribution in [1.29, 1.82) is 0 Å². The Kier molecular flexibility index (Phi) is 5.04. The number of nitrogens with zero attached hydrogens (tertiary/aromatic N) is 1. The van der Waals surface area contributed by atoms with Crippen LogP contribution >= 0.6 is 11.3 Å². The Morgan fingerprint density at radius 1 is 1.37 bits per heavy atom. The van der Waals surface area contributed by atoms with Crippen molar-refractivity contribution < 1.29 is 0 Å². The van der Waals surface area contributed by atoms with Gasteiger partial charge in [0.1, 0.15) is 0 Å². The first-order chi connectivity index (χ1) is 8.92. The summed E-state index contributed by atoms with van der Waals surface area (Å²) in [5, 5.41) is 8.25. The molecule has 108 valence electrons. The molecule has 2 atom stereocenters. The van der Waals surface area contributed by atoms with E-state index in [2.05, 4.69) is 54.9 Å². The molecule has 0 spiro atoms. The SMILES string of the molecule is CN1CC(Cc2ccsc2)CC(NCC(C)(C)C)C1. The zero-order valence-corrected chi connectivity index (χ0v) is 13.6. The van der Waals surface area contributed by atoms with Gasteiger partial charge in [0, 0.05) is 25.7 Å². The molecule has 0 saturated carbocycles. The molecule has 0 amide bonds. The maximum absolute atomic E-state index is 3.76. The van der Waals surface area contributed by atoms with Crippen LogP contribution in [0.2, 0.25) is 0 Å². The summed E-state index contributed by atoms with van der Waals surface area (Å²) in [4.78, 5) is 2.49. The summed E-state index contributed by atoms with van der Waals surface area (Å²) in [6, 6.07) is 2.93. The second kappa shape index (κ2) is 6.38. The van der Waals surface area contributed by atoms with Gasteiger partial charge >= 0.3 is 0 Å². The van der Waals surface area contributed by atoms with Crippen molar-refractivity contribution in [1.82, 2.24) is 10.2 Å². The highest BCUT2D eigenvalue weighted by molar-refractivity contribution is 7.07. The summed E-state index contributed by atoms with van der Waals surface area (Å²) in [6.45, 7) is 10.4. The molecule has 2 rings (SSSR count). The topological polar surface area (TPSA) is 15.3 Å². The number of piperidine rings is 1. The van der Waals surface area contributed by atoms with Gasteiger partial charge in [-0.15, -0.1) is 0 Å². The van der Waals surface area contributed by atoms with Gasteiger partial charge in [0.15, 0.2) is 0 Å². The third-order valence-electron chi connectivity index (χ3n) is 3.75. The number of likely N-dealkylation sites (tertiary alicyclic amines) is 1. The van der Waals surface area contributed by atoms with E-state index in [0.717, 1.165) is 12.5 Å². The third-order valence-corrected chi connectivity index (χ3v) is 4.48. The highest BCUT2D eigenvalue weighted by Crippen LogP contribution is 2.22. The minimum atomic E-state index is 0.374. The van der Waals surface area contributed by atoms with E-state index >= 15 is 0 Å². The molecule has 1 aliphatic heterocycles. The number of nitrogens with one attached hydrogen (secondary N) is 1. The maximum Gasteiger partial charge on any atom is 0.0198 e. The van der Waals surface area contributed by atoms with Crippen molar-refractivity contribution in [2.45, 2.75) is 39.7 Å². The predicted molar refractivity (Wildman–Crippen MR) is 84.9 cm³/mol. The highest BCUT2D eigenvalue weighted by Gasteiger charge is 2.26. The Morgan fingerprint density at radius 2 is 2.16 bits per heavy atom. The van der Waals surface area contributed by atoms with Crippen molar-refractivity contribution >= 4 is 11.3 Å². The number of hydrogen-bond donors (Lipinski definition) is 1. The normalized spacial score (nSPS) is 25.7. The second-order valence-corrected chi connectivity index (χ2v) is 8.08. The van der Waals surface area contributed by atoms with Crippen molar-refractivity contribution in [3.63, 3.8) is 0 Å². The highest BCUT2D eigenvalue weighted by atomic mass is 32.1. The molecule has 1 saturated heterocycles. The van der Waals surface area contributed by atoms with Crippen LogP contribution in [0.4, 0.5) is 0 Å². The monoisotopic (exact) mass is 280 g/mol. The first-order valence-electron chi connectivity index (χ1n) is 7.35. The first-order valence-corrected chi connectivity index (χ1v) is 8.30. The quantitative estimate of drug-likeness (QED) is 0.911. The number of hydrogen-bond acceptors (Lipinski definition) is 3. The molecular formula is C16H28N2S. The fourth-order valence-electron chi connectivity index (χ4n) is 2.93. The van der Waals surface area contributed by atoms with Gasteiger partial charge < -0.3 is 10.2 Å². The Balaban J connectivity index is 1.85. The van der Waals surface area contributed by atoms with Gasteiger partial charge in [0.05, 0.1) is 0 Å². The molecule has 2 unspecified atom stereocenters. The van der Waals surface area contributed by atoms with Crippen LogP contribution in [0.3, 0.4) is 0 Å². The van der Waals surface area contributed by atoms with Crippen LogP contribution in [-0.4, -0.2) is 37.6 Å². The summed E-state index contributed by atoms with van der Waals surface area (Å²) < 4.78 is 0. The van der Waals surface area contributed by atoms with E-state index in [1.807, 2.05) is 11.3 Å². The zero-order chi connectivity index (χ0) is 13.9. The van der Waals surface area contributed by atoms with E-state index in [1.54, 1.807) is 0 Å². The summed E-state index contributed by atoms with van der Waals surface area (Å²) in [5.41, 5.74) is 1.89. The van der Waals surface area contributed by atoms with Crippen LogP contribution in [-0.2, 0) is 6.42 Å². The van der Waals surface area contributed by atoms with Gasteiger partial charge in [0.25, 0.3) is 0 Å². The van der Waals surface area contributed by atoms with Crippen LogP contribution in [0, 0.1) is 11.3 Å².